The maximum atomic E-state index is 11.7. The Morgan fingerprint density at radius 2 is 2.00 bits per heavy atom. The van der Waals surface area contributed by atoms with Crippen LogP contribution in [-0.2, 0) is 4.84 Å². The van der Waals surface area contributed by atoms with Crippen molar-refractivity contribution in [2.24, 2.45) is 5.16 Å². The first-order valence-electron chi connectivity index (χ1n) is 5.44. The van der Waals surface area contributed by atoms with E-state index in [4.69, 9.17) is 16.4 Å². The Bertz CT molecular complexity index is 597. The number of rotatable bonds is 3. The number of carbonyl (C=O) groups excluding carboxylic acids is 1. The standard InChI is InChI=1S/C13H10ClN3O2/c1-9(12-8-15-6-7-16-12)17-19-13(18)10-2-4-11(14)5-3-10/h2-8H,1H3/b17-9+. The van der Waals surface area contributed by atoms with E-state index in [1.807, 2.05) is 0 Å². The van der Waals surface area contributed by atoms with Gasteiger partial charge in [0.25, 0.3) is 0 Å². The molecule has 0 aliphatic carbocycles. The molecule has 0 N–H and O–H groups in total. The van der Waals surface area contributed by atoms with Gasteiger partial charge in [0.05, 0.1) is 11.8 Å². The first-order chi connectivity index (χ1) is 9.16. The summed E-state index contributed by atoms with van der Waals surface area (Å²) in [6, 6.07) is 6.35. The van der Waals surface area contributed by atoms with Crippen molar-refractivity contribution in [1.29, 1.82) is 0 Å². The molecule has 0 radical (unpaired) electrons. The molecule has 96 valence electrons. The average molecular weight is 276 g/mol. The molecule has 5 nitrogen and oxygen atoms in total. The Hall–Kier alpha value is -2.27. The molecule has 0 bridgehead atoms. The normalized spacial score (nSPS) is 11.2. The van der Waals surface area contributed by atoms with Crippen molar-refractivity contribution in [3.05, 3.63) is 59.1 Å². The van der Waals surface area contributed by atoms with Crippen LogP contribution in [0.4, 0.5) is 0 Å². The third-order valence-corrected chi connectivity index (χ3v) is 2.53. The molecule has 0 amide bonds. The Balaban J connectivity index is 2.06. The maximum absolute atomic E-state index is 11.7. The van der Waals surface area contributed by atoms with Crippen LogP contribution in [0.25, 0.3) is 0 Å². The molecular formula is C13H10ClN3O2. The van der Waals surface area contributed by atoms with Crippen LogP contribution in [-0.4, -0.2) is 21.6 Å². The second-order valence-electron chi connectivity index (χ2n) is 3.65. The predicted molar refractivity (Wildman–Crippen MR) is 71.1 cm³/mol. The van der Waals surface area contributed by atoms with Crippen LogP contribution in [0.5, 0.6) is 0 Å². The average Bonchev–Trinajstić information content (AvgIpc) is 2.46. The van der Waals surface area contributed by atoms with E-state index in [0.717, 1.165) is 0 Å². The molecule has 1 heterocycles. The summed E-state index contributed by atoms with van der Waals surface area (Å²) in [6.45, 7) is 1.68. The van der Waals surface area contributed by atoms with Gasteiger partial charge in [0, 0.05) is 17.4 Å². The van der Waals surface area contributed by atoms with Gasteiger partial charge >= 0.3 is 5.97 Å². The summed E-state index contributed by atoms with van der Waals surface area (Å²) in [5.41, 5.74) is 1.39. The van der Waals surface area contributed by atoms with Gasteiger partial charge in [0.1, 0.15) is 11.4 Å². The summed E-state index contributed by atoms with van der Waals surface area (Å²) < 4.78 is 0. The molecule has 0 atom stereocenters. The van der Waals surface area contributed by atoms with Gasteiger partial charge in [-0.2, -0.15) is 0 Å². The summed E-state index contributed by atoms with van der Waals surface area (Å²) in [7, 11) is 0. The lowest BCUT2D eigenvalue weighted by atomic mass is 10.2. The zero-order valence-corrected chi connectivity index (χ0v) is 10.8. The molecule has 0 spiro atoms. The zero-order valence-electron chi connectivity index (χ0n) is 10.1. The third-order valence-electron chi connectivity index (χ3n) is 2.28. The zero-order chi connectivity index (χ0) is 13.7. The first kappa shape index (κ1) is 13.2. The largest absolute Gasteiger partial charge is 0.365 e. The van der Waals surface area contributed by atoms with Gasteiger partial charge in [-0.3, -0.25) is 9.97 Å². The van der Waals surface area contributed by atoms with Gasteiger partial charge in [0.2, 0.25) is 0 Å². The molecule has 0 fully saturated rings. The second-order valence-corrected chi connectivity index (χ2v) is 4.09. The van der Waals surface area contributed by atoms with Gasteiger partial charge in [-0.25, -0.2) is 4.79 Å². The molecular weight excluding hydrogens is 266 g/mol. The molecule has 0 aliphatic rings. The molecule has 1 aromatic heterocycles. The fourth-order valence-electron chi connectivity index (χ4n) is 1.28. The van der Waals surface area contributed by atoms with E-state index in [0.29, 0.717) is 22.0 Å². The maximum Gasteiger partial charge on any atom is 0.365 e. The Morgan fingerprint density at radius 1 is 1.26 bits per heavy atom. The Kier molecular flexibility index (Phi) is 4.20. The SMILES string of the molecule is C/C(=N\OC(=O)c1ccc(Cl)cc1)c1cnccn1. The van der Waals surface area contributed by atoms with E-state index in [-0.39, 0.29) is 0 Å². The highest BCUT2D eigenvalue weighted by molar-refractivity contribution is 6.30. The van der Waals surface area contributed by atoms with Crippen molar-refractivity contribution >= 4 is 23.3 Å². The summed E-state index contributed by atoms with van der Waals surface area (Å²) in [5, 5.41) is 4.28. The van der Waals surface area contributed by atoms with Crippen LogP contribution in [0.1, 0.15) is 23.0 Å². The fraction of sp³-hybridized carbons (Fsp3) is 0.0769. The van der Waals surface area contributed by atoms with Crippen molar-refractivity contribution < 1.29 is 9.63 Å². The molecule has 19 heavy (non-hydrogen) atoms. The van der Waals surface area contributed by atoms with Gasteiger partial charge in [-0.15, -0.1) is 0 Å². The summed E-state index contributed by atoms with van der Waals surface area (Å²) in [5.74, 6) is -0.556. The van der Waals surface area contributed by atoms with E-state index in [2.05, 4.69) is 15.1 Å². The number of hydrogen-bond donors (Lipinski definition) is 0. The third kappa shape index (κ3) is 3.59. The lowest BCUT2D eigenvalue weighted by Crippen LogP contribution is -2.05. The van der Waals surface area contributed by atoms with Crippen molar-refractivity contribution in [1.82, 2.24) is 9.97 Å². The van der Waals surface area contributed by atoms with Crippen molar-refractivity contribution in [2.45, 2.75) is 6.92 Å². The molecule has 0 aliphatic heterocycles. The highest BCUT2D eigenvalue weighted by atomic mass is 35.5. The molecule has 2 rings (SSSR count). The van der Waals surface area contributed by atoms with E-state index >= 15 is 0 Å². The minimum Gasteiger partial charge on any atom is -0.312 e. The van der Waals surface area contributed by atoms with Crippen molar-refractivity contribution in [3.8, 4) is 0 Å². The van der Waals surface area contributed by atoms with Crippen LogP contribution >= 0.6 is 11.6 Å². The molecule has 0 saturated heterocycles. The molecule has 2 aromatic rings. The van der Waals surface area contributed by atoms with Crippen LogP contribution in [0.2, 0.25) is 5.02 Å². The topological polar surface area (TPSA) is 64.4 Å². The van der Waals surface area contributed by atoms with Crippen LogP contribution in [0.15, 0.2) is 48.0 Å². The highest BCUT2D eigenvalue weighted by Gasteiger charge is 2.07. The molecule has 1 aromatic carbocycles. The van der Waals surface area contributed by atoms with Gasteiger partial charge < -0.3 is 4.84 Å². The monoisotopic (exact) mass is 275 g/mol. The first-order valence-corrected chi connectivity index (χ1v) is 5.82. The van der Waals surface area contributed by atoms with Gasteiger partial charge in [0.15, 0.2) is 0 Å². The van der Waals surface area contributed by atoms with Gasteiger partial charge in [-0.1, -0.05) is 16.8 Å². The van der Waals surface area contributed by atoms with E-state index in [1.165, 1.54) is 12.4 Å². The highest BCUT2D eigenvalue weighted by Crippen LogP contribution is 2.10. The quantitative estimate of drug-likeness (QED) is 0.491. The van der Waals surface area contributed by atoms with Gasteiger partial charge in [-0.05, 0) is 31.2 Å². The second kappa shape index (κ2) is 6.06. The smallest absolute Gasteiger partial charge is 0.312 e. The van der Waals surface area contributed by atoms with Crippen molar-refractivity contribution in [2.75, 3.05) is 0 Å². The minimum atomic E-state index is -0.556. The lowest BCUT2D eigenvalue weighted by Gasteiger charge is -2.00. The molecule has 0 saturated carbocycles. The van der Waals surface area contributed by atoms with Crippen LogP contribution < -0.4 is 0 Å². The Labute approximate surface area is 114 Å². The number of aromatic nitrogens is 2. The lowest BCUT2D eigenvalue weighted by molar-refractivity contribution is 0.0516. The number of oxime groups is 1. The molecule has 0 unspecified atom stereocenters. The number of nitrogens with zero attached hydrogens (tertiary/aromatic N) is 3. The summed E-state index contributed by atoms with van der Waals surface area (Å²) >= 11 is 5.73. The number of carbonyl (C=O) groups is 1. The number of benzene rings is 1. The minimum absolute atomic E-state index is 0.375. The Morgan fingerprint density at radius 3 is 2.63 bits per heavy atom. The van der Waals surface area contributed by atoms with Crippen LogP contribution in [0.3, 0.4) is 0 Å². The molecule has 6 heteroatoms. The van der Waals surface area contributed by atoms with E-state index < -0.39 is 5.97 Å². The van der Waals surface area contributed by atoms with Crippen LogP contribution in [0, 0.1) is 0 Å². The summed E-state index contributed by atoms with van der Waals surface area (Å²) in [6.07, 6.45) is 4.63. The fourth-order valence-corrected chi connectivity index (χ4v) is 1.41. The summed E-state index contributed by atoms with van der Waals surface area (Å²) in [4.78, 5) is 24.4. The predicted octanol–water partition coefficient (Wildman–Crippen LogP) is 2.71. The van der Waals surface area contributed by atoms with E-state index in [9.17, 15) is 4.79 Å². The van der Waals surface area contributed by atoms with Crippen molar-refractivity contribution in [3.63, 3.8) is 0 Å². The number of hydrogen-bond acceptors (Lipinski definition) is 5. The van der Waals surface area contributed by atoms with E-state index in [1.54, 1.807) is 37.4 Å². The number of halogens is 1.